The SMILES string of the molecule is COc1ccc(Cc2cc(-c3ccccc3OC)ncn2)cc1OC(C)=O. The first-order valence-electron chi connectivity index (χ1n) is 8.40. The van der Waals surface area contributed by atoms with Gasteiger partial charge in [0.05, 0.1) is 19.9 Å². The molecule has 3 aromatic rings. The van der Waals surface area contributed by atoms with Crippen molar-refractivity contribution in [1.82, 2.24) is 9.97 Å². The molecule has 0 unspecified atom stereocenters. The molecule has 0 saturated carbocycles. The van der Waals surface area contributed by atoms with Gasteiger partial charge in [-0.1, -0.05) is 18.2 Å². The molecule has 6 nitrogen and oxygen atoms in total. The molecule has 0 radical (unpaired) electrons. The predicted octanol–water partition coefficient (Wildman–Crippen LogP) is 3.68. The zero-order valence-corrected chi connectivity index (χ0v) is 15.4. The summed E-state index contributed by atoms with van der Waals surface area (Å²) in [5, 5.41) is 0. The van der Waals surface area contributed by atoms with Crippen molar-refractivity contribution in [3.05, 3.63) is 66.1 Å². The van der Waals surface area contributed by atoms with E-state index in [0.717, 1.165) is 28.3 Å². The van der Waals surface area contributed by atoms with Crippen molar-refractivity contribution in [3.63, 3.8) is 0 Å². The summed E-state index contributed by atoms with van der Waals surface area (Å²) in [6, 6.07) is 15.1. The normalized spacial score (nSPS) is 10.3. The van der Waals surface area contributed by atoms with Crippen molar-refractivity contribution in [1.29, 1.82) is 0 Å². The van der Waals surface area contributed by atoms with Gasteiger partial charge < -0.3 is 14.2 Å². The van der Waals surface area contributed by atoms with Gasteiger partial charge in [0, 0.05) is 24.6 Å². The van der Waals surface area contributed by atoms with Gasteiger partial charge in [-0.3, -0.25) is 4.79 Å². The van der Waals surface area contributed by atoms with Crippen molar-refractivity contribution < 1.29 is 19.0 Å². The third-order valence-electron chi connectivity index (χ3n) is 3.97. The molecule has 2 aromatic carbocycles. The van der Waals surface area contributed by atoms with E-state index in [1.165, 1.54) is 20.4 Å². The molecule has 0 aliphatic heterocycles. The van der Waals surface area contributed by atoms with Gasteiger partial charge in [0.15, 0.2) is 11.5 Å². The van der Waals surface area contributed by atoms with Crippen LogP contribution in [-0.4, -0.2) is 30.2 Å². The molecular weight excluding hydrogens is 344 g/mol. The number of esters is 1. The van der Waals surface area contributed by atoms with Crippen molar-refractivity contribution >= 4 is 5.97 Å². The molecule has 0 N–H and O–H groups in total. The van der Waals surface area contributed by atoms with Crippen molar-refractivity contribution in [2.45, 2.75) is 13.3 Å². The van der Waals surface area contributed by atoms with Crippen LogP contribution in [0.5, 0.6) is 17.2 Å². The Bertz CT molecular complexity index is 956. The fraction of sp³-hybridized carbons (Fsp3) is 0.190. The van der Waals surface area contributed by atoms with E-state index >= 15 is 0 Å². The van der Waals surface area contributed by atoms with Crippen LogP contribution in [-0.2, 0) is 11.2 Å². The highest BCUT2D eigenvalue weighted by atomic mass is 16.6. The molecule has 0 atom stereocenters. The molecule has 1 aromatic heterocycles. The summed E-state index contributed by atoms with van der Waals surface area (Å²) in [4.78, 5) is 20.0. The summed E-state index contributed by atoms with van der Waals surface area (Å²) in [6.45, 7) is 1.36. The zero-order chi connectivity index (χ0) is 19.2. The standard InChI is InChI=1S/C21H20N2O4/c1-14(24)27-21-11-15(8-9-20(21)26-3)10-16-12-18(23-13-22-16)17-6-4-5-7-19(17)25-2/h4-9,11-13H,10H2,1-3H3. The molecule has 6 heteroatoms. The smallest absolute Gasteiger partial charge is 0.308 e. The number of para-hydroxylation sites is 1. The molecule has 0 aliphatic carbocycles. The fourth-order valence-corrected chi connectivity index (χ4v) is 2.77. The number of aromatic nitrogens is 2. The van der Waals surface area contributed by atoms with Gasteiger partial charge in [-0.15, -0.1) is 0 Å². The number of nitrogens with zero attached hydrogens (tertiary/aromatic N) is 2. The lowest BCUT2D eigenvalue weighted by Crippen LogP contribution is -2.04. The highest BCUT2D eigenvalue weighted by Crippen LogP contribution is 2.30. The molecule has 0 aliphatic rings. The first kappa shape index (κ1) is 18.4. The van der Waals surface area contributed by atoms with Crippen LogP contribution in [0.15, 0.2) is 54.9 Å². The highest BCUT2D eigenvalue weighted by molar-refractivity contribution is 5.70. The van der Waals surface area contributed by atoms with Crippen LogP contribution in [0.3, 0.4) is 0 Å². The number of carbonyl (C=O) groups excluding carboxylic acids is 1. The largest absolute Gasteiger partial charge is 0.496 e. The summed E-state index contributed by atoms with van der Waals surface area (Å²) in [5.74, 6) is 1.25. The Morgan fingerprint density at radius 2 is 1.70 bits per heavy atom. The molecule has 1 heterocycles. The van der Waals surface area contributed by atoms with E-state index in [1.54, 1.807) is 19.2 Å². The van der Waals surface area contributed by atoms with E-state index in [1.807, 2.05) is 36.4 Å². The zero-order valence-electron chi connectivity index (χ0n) is 15.4. The fourth-order valence-electron chi connectivity index (χ4n) is 2.77. The quantitative estimate of drug-likeness (QED) is 0.491. The number of rotatable bonds is 6. The molecule has 0 saturated heterocycles. The van der Waals surface area contributed by atoms with Crippen LogP contribution in [0.4, 0.5) is 0 Å². The average Bonchev–Trinajstić information content (AvgIpc) is 2.68. The predicted molar refractivity (Wildman–Crippen MR) is 101 cm³/mol. The monoisotopic (exact) mass is 364 g/mol. The second-order valence-corrected chi connectivity index (χ2v) is 5.85. The number of carbonyl (C=O) groups is 1. The Morgan fingerprint density at radius 1 is 0.926 bits per heavy atom. The Hall–Kier alpha value is -3.41. The first-order chi connectivity index (χ1) is 13.1. The Balaban J connectivity index is 1.89. The number of hydrogen-bond acceptors (Lipinski definition) is 6. The van der Waals surface area contributed by atoms with Crippen LogP contribution in [0, 0.1) is 0 Å². The van der Waals surface area contributed by atoms with E-state index in [2.05, 4.69) is 9.97 Å². The van der Waals surface area contributed by atoms with Gasteiger partial charge in [0.1, 0.15) is 12.1 Å². The third kappa shape index (κ3) is 4.41. The first-order valence-corrected chi connectivity index (χ1v) is 8.40. The van der Waals surface area contributed by atoms with Gasteiger partial charge in [0.2, 0.25) is 0 Å². The summed E-state index contributed by atoms with van der Waals surface area (Å²) < 4.78 is 15.9. The van der Waals surface area contributed by atoms with Crippen LogP contribution in [0.1, 0.15) is 18.2 Å². The van der Waals surface area contributed by atoms with Gasteiger partial charge in [-0.25, -0.2) is 9.97 Å². The molecular formula is C21H20N2O4. The minimum Gasteiger partial charge on any atom is -0.496 e. The molecule has 3 rings (SSSR count). The van der Waals surface area contributed by atoms with Gasteiger partial charge in [-0.2, -0.15) is 0 Å². The van der Waals surface area contributed by atoms with Crippen LogP contribution in [0.25, 0.3) is 11.3 Å². The second kappa shape index (κ2) is 8.31. The molecule has 0 spiro atoms. The van der Waals surface area contributed by atoms with E-state index in [-0.39, 0.29) is 0 Å². The average molecular weight is 364 g/mol. The molecule has 0 amide bonds. The van der Waals surface area contributed by atoms with E-state index < -0.39 is 5.97 Å². The Labute approximate surface area is 157 Å². The number of ether oxygens (including phenoxy) is 3. The van der Waals surface area contributed by atoms with Crippen LogP contribution in [0.2, 0.25) is 0 Å². The van der Waals surface area contributed by atoms with Crippen molar-refractivity contribution in [3.8, 4) is 28.5 Å². The summed E-state index contributed by atoms with van der Waals surface area (Å²) >= 11 is 0. The van der Waals surface area contributed by atoms with Gasteiger partial charge in [0.25, 0.3) is 0 Å². The third-order valence-corrected chi connectivity index (χ3v) is 3.97. The molecule has 138 valence electrons. The molecule has 0 bridgehead atoms. The molecule has 27 heavy (non-hydrogen) atoms. The van der Waals surface area contributed by atoms with Crippen LogP contribution >= 0.6 is 0 Å². The summed E-state index contributed by atoms with van der Waals surface area (Å²) in [7, 11) is 3.17. The topological polar surface area (TPSA) is 70.5 Å². The lowest BCUT2D eigenvalue weighted by Gasteiger charge is -2.11. The van der Waals surface area contributed by atoms with Crippen molar-refractivity contribution in [2.75, 3.05) is 14.2 Å². The van der Waals surface area contributed by atoms with E-state index in [0.29, 0.717) is 17.9 Å². The van der Waals surface area contributed by atoms with Crippen molar-refractivity contribution in [2.24, 2.45) is 0 Å². The number of methoxy groups -OCH3 is 2. The van der Waals surface area contributed by atoms with Gasteiger partial charge in [-0.05, 0) is 35.9 Å². The lowest BCUT2D eigenvalue weighted by atomic mass is 10.1. The summed E-state index contributed by atoms with van der Waals surface area (Å²) in [5.41, 5.74) is 3.46. The Morgan fingerprint density at radius 3 is 2.44 bits per heavy atom. The minimum atomic E-state index is -0.397. The summed E-state index contributed by atoms with van der Waals surface area (Å²) in [6.07, 6.45) is 2.09. The maximum Gasteiger partial charge on any atom is 0.308 e. The highest BCUT2D eigenvalue weighted by Gasteiger charge is 2.11. The Kier molecular flexibility index (Phi) is 5.66. The van der Waals surface area contributed by atoms with E-state index in [4.69, 9.17) is 14.2 Å². The maximum atomic E-state index is 11.3. The number of benzene rings is 2. The second-order valence-electron chi connectivity index (χ2n) is 5.85. The van der Waals surface area contributed by atoms with Gasteiger partial charge >= 0.3 is 5.97 Å². The molecule has 0 fully saturated rings. The lowest BCUT2D eigenvalue weighted by molar-refractivity contribution is -0.132. The maximum absolute atomic E-state index is 11.3. The minimum absolute atomic E-state index is 0.390. The van der Waals surface area contributed by atoms with Crippen LogP contribution < -0.4 is 14.2 Å². The van der Waals surface area contributed by atoms with E-state index in [9.17, 15) is 4.79 Å². The number of hydrogen-bond donors (Lipinski definition) is 0.